The quantitative estimate of drug-likeness (QED) is 0.813. The summed E-state index contributed by atoms with van der Waals surface area (Å²) in [6.07, 6.45) is 1.49. The molecule has 2 N–H and O–H groups in total. The monoisotopic (exact) mass is 297 g/mol. The summed E-state index contributed by atoms with van der Waals surface area (Å²) in [6.45, 7) is 6.01. The molecule has 1 unspecified atom stereocenters. The van der Waals surface area contributed by atoms with Gasteiger partial charge >= 0.3 is 0 Å². The molecule has 0 saturated carbocycles. The molecular formula is C16H24FNO3. The second-order valence-corrected chi connectivity index (χ2v) is 5.96. The van der Waals surface area contributed by atoms with Gasteiger partial charge in [0.05, 0.1) is 12.7 Å². The number of aliphatic hydroxyl groups is 1. The highest BCUT2D eigenvalue weighted by atomic mass is 19.1. The van der Waals surface area contributed by atoms with Crippen LogP contribution in [0, 0.1) is 11.7 Å². The van der Waals surface area contributed by atoms with Gasteiger partial charge in [-0.1, -0.05) is 13.8 Å². The van der Waals surface area contributed by atoms with Crippen molar-refractivity contribution < 1.29 is 19.0 Å². The van der Waals surface area contributed by atoms with E-state index in [0.29, 0.717) is 17.9 Å². The van der Waals surface area contributed by atoms with Crippen molar-refractivity contribution in [3.63, 3.8) is 0 Å². The highest BCUT2D eigenvalue weighted by Crippen LogP contribution is 2.19. The zero-order valence-electron chi connectivity index (χ0n) is 13.1. The molecule has 1 aromatic rings. The summed E-state index contributed by atoms with van der Waals surface area (Å²) in [4.78, 5) is 12.0. The van der Waals surface area contributed by atoms with E-state index in [4.69, 9.17) is 4.74 Å². The molecule has 0 bridgehead atoms. The molecule has 1 rings (SSSR count). The van der Waals surface area contributed by atoms with Crippen molar-refractivity contribution in [3.8, 4) is 5.75 Å². The molecule has 0 heterocycles. The molecule has 0 aliphatic rings. The van der Waals surface area contributed by atoms with Crippen LogP contribution in [-0.4, -0.2) is 30.3 Å². The van der Waals surface area contributed by atoms with E-state index in [1.165, 1.54) is 25.3 Å². The number of methoxy groups -OCH3 is 1. The highest BCUT2D eigenvalue weighted by Gasteiger charge is 2.22. The van der Waals surface area contributed by atoms with Crippen molar-refractivity contribution >= 4 is 5.91 Å². The lowest BCUT2D eigenvalue weighted by Crippen LogP contribution is -2.40. The second-order valence-electron chi connectivity index (χ2n) is 5.96. The summed E-state index contributed by atoms with van der Waals surface area (Å²) in [6, 6.07) is 3.91. The average molecular weight is 297 g/mol. The number of carbonyl (C=O) groups is 1. The second kappa shape index (κ2) is 7.41. The zero-order chi connectivity index (χ0) is 16.0. The molecule has 118 valence electrons. The van der Waals surface area contributed by atoms with Gasteiger partial charge in [-0.15, -0.1) is 0 Å². The molecule has 5 heteroatoms. The smallest absolute Gasteiger partial charge is 0.251 e. The highest BCUT2D eigenvalue weighted by molar-refractivity contribution is 5.94. The number of nitrogens with one attached hydrogen (secondary N) is 1. The van der Waals surface area contributed by atoms with E-state index in [2.05, 4.69) is 19.2 Å². The third-order valence-electron chi connectivity index (χ3n) is 3.30. The normalized spacial score (nSPS) is 13.9. The van der Waals surface area contributed by atoms with Gasteiger partial charge in [0.2, 0.25) is 0 Å². The molecule has 1 amide bonds. The summed E-state index contributed by atoms with van der Waals surface area (Å²) in [7, 11) is 1.34. The first-order valence-electron chi connectivity index (χ1n) is 7.09. The van der Waals surface area contributed by atoms with Crippen LogP contribution < -0.4 is 10.1 Å². The minimum Gasteiger partial charge on any atom is -0.494 e. The lowest BCUT2D eigenvalue weighted by molar-refractivity contribution is 0.0429. The number of ether oxygens (including phenoxy) is 1. The van der Waals surface area contributed by atoms with E-state index >= 15 is 0 Å². The van der Waals surface area contributed by atoms with Crippen LogP contribution in [-0.2, 0) is 0 Å². The maximum absolute atomic E-state index is 13.3. The summed E-state index contributed by atoms with van der Waals surface area (Å²) >= 11 is 0. The van der Waals surface area contributed by atoms with Crippen LogP contribution in [0.3, 0.4) is 0 Å². The van der Waals surface area contributed by atoms with Crippen molar-refractivity contribution in [2.24, 2.45) is 5.92 Å². The van der Waals surface area contributed by atoms with E-state index < -0.39 is 11.4 Å². The van der Waals surface area contributed by atoms with Crippen LogP contribution in [0.25, 0.3) is 0 Å². The molecule has 0 radical (unpaired) electrons. The molecule has 1 atom stereocenters. The maximum atomic E-state index is 13.3. The Bertz CT molecular complexity index is 486. The van der Waals surface area contributed by atoms with E-state index in [0.717, 1.165) is 6.42 Å². The predicted molar refractivity (Wildman–Crippen MR) is 80.0 cm³/mol. The molecule has 0 aliphatic heterocycles. The Hall–Kier alpha value is -1.62. The van der Waals surface area contributed by atoms with E-state index in [-0.39, 0.29) is 18.2 Å². The van der Waals surface area contributed by atoms with Crippen molar-refractivity contribution in [1.29, 1.82) is 0 Å². The van der Waals surface area contributed by atoms with Crippen LogP contribution in [0.2, 0.25) is 0 Å². The fourth-order valence-electron chi connectivity index (χ4n) is 1.86. The Morgan fingerprint density at radius 2 is 2.14 bits per heavy atom. The third kappa shape index (κ3) is 5.71. The van der Waals surface area contributed by atoms with Crippen LogP contribution in [0.15, 0.2) is 18.2 Å². The first-order valence-corrected chi connectivity index (χ1v) is 7.09. The lowest BCUT2D eigenvalue weighted by atomic mass is 9.95. The molecule has 0 saturated heterocycles. The van der Waals surface area contributed by atoms with Crippen molar-refractivity contribution in [2.45, 2.75) is 39.2 Å². The number of hydrogen-bond acceptors (Lipinski definition) is 3. The largest absolute Gasteiger partial charge is 0.494 e. The third-order valence-corrected chi connectivity index (χ3v) is 3.30. The Balaban J connectivity index is 2.61. The van der Waals surface area contributed by atoms with Crippen LogP contribution in [0.5, 0.6) is 5.75 Å². The van der Waals surface area contributed by atoms with Crippen LogP contribution >= 0.6 is 0 Å². The summed E-state index contributed by atoms with van der Waals surface area (Å²) in [5.74, 6) is -0.362. The van der Waals surface area contributed by atoms with Crippen molar-refractivity contribution in [3.05, 3.63) is 29.6 Å². The minimum atomic E-state index is -0.954. The number of hydrogen-bond donors (Lipinski definition) is 2. The number of carbonyl (C=O) groups excluding carboxylic acids is 1. The summed E-state index contributed by atoms with van der Waals surface area (Å²) in [5.41, 5.74) is -0.655. The van der Waals surface area contributed by atoms with Gasteiger partial charge in [0.15, 0.2) is 11.6 Å². The van der Waals surface area contributed by atoms with Crippen molar-refractivity contribution in [2.75, 3.05) is 13.7 Å². The molecular weight excluding hydrogens is 273 g/mol. The number of rotatable bonds is 7. The van der Waals surface area contributed by atoms with Crippen LogP contribution in [0.4, 0.5) is 4.39 Å². The summed E-state index contributed by atoms with van der Waals surface area (Å²) < 4.78 is 18.1. The Morgan fingerprint density at radius 1 is 1.48 bits per heavy atom. The molecule has 0 aliphatic carbocycles. The van der Waals surface area contributed by atoms with Gasteiger partial charge in [0.1, 0.15) is 0 Å². The molecule has 0 aromatic heterocycles. The Kier molecular flexibility index (Phi) is 6.15. The van der Waals surface area contributed by atoms with Gasteiger partial charge in [-0.05, 0) is 43.9 Å². The topological polar surface area (TPSA) is 58.6 Å². The molecule has 1 aromatic carbocycles. The first-order chi connectivity index (χ1) is 9.75. The number of amides is 1. The van der Waals surface area contributed by atoms with Gasteiger partial charge in [0, 0.05) is 12.1 Å². The SMILES string of the molecule is COc1cc(C(=O)NCC(C)(O)CCC(C)C)ccc1F. The van der Waals surface area contributed by atoms with Gasteiger partial charge in [-0.2, -0.15) is 0 Å². The molecule has 0 spiro atoms. The van der Waals surface area contributed by atoms with E-state index in [9.17, 15) is 14.3 Å². The first kappa shape index (κ1) is 17.4. The Labute approximate surface area is 125 Å². The predicted octanol–water partition coefficient (Wildman–Crippen LogP) is 2.75. The number of halogens is 1. The van der Waals surface area contributed by atoms with Gasteiger partial charge in [0.25, 0.3) is 5.91 Å². The molecule has 21 heavy (non-hydrogen) atoms. The van der Waals surface area contributed by atoms with Gasteiger partial charge in [-0.3, -0.25) is 4.79 Å². The fraction of sp³-hybridized carbons (Fsp3) is 0.562. The molecule has 0 fully saturated rings. The number of benzene rings is 1. The van der Waals surface area contributed by atoms with E-state index in [1.54, 1.807) is 6.92 Å². The zero-order valence-corrected chi connectivity index (χ0v) is 13.1. The Morgan fingerprint density at radius 3 is 2.71 bits per heavy atom. The average Bonchev–Trinajstić information content (AvgIpc) is 2.43. The van der Waals surface area contributed by atoms with E-state index in [1.807, 2.05) is 0 Å². The minimum absolute atomic E-state index is 0.0224. The fourth-order valence-corrected chi connectivity index (χ4v) is 1.86. The maximum Gasteiger partial charge on any atom is 0.251 e. The van der Waals surface area contributed by atoms with Gasteiger partial charge in [-0.25, -0.2) is 4.39 Å². The van der Waals surface area contributed by atoms with Gasteiger partial charge < -0.3 is 15.2 Å². The summed E-state index contributed by atoms with van der Waals surface area (Å²) in [5, 5.41) is 12.9. The van der Waals surface area contributed by atoms with Crippen LogP contribution in [0.1, 0.15) is 44.0 Å². The standard InChI is InChI=1S/C16H24FNO3/c1-11(2)7-8-16(3,20)10-18-15(19)12-5-6-13(17)14(9-12)21-4/h5-6,9,11,20H,7-8,10H2,1-4H3,(H,18,19). The van der Waals surface area contributed by atoms with Crippen molar-refractivity contribution in [1.82, 2.24) is 5.32 Å². The lowest BCUT2D eigenvalue weighted by Gasteiger charge is -2.24. The molecule has 4 nitrogen and oxygen atoms in total.